The Labute approximate surface area is 195 Å². The average Bonchev–Trinajstić information content (AvgIpc) is 2.75. The number of nitrogens with zero attached hydrogens (tertiary/aromatic N) is 1. The molecule has 1 aliphatic rings. The number of aryl methyl sites for hydroxylation is 1. The molecule has 1 aliphatic carbocycles. The van der Waals surface area contributed by atoms with Crippen LogP contribution in [0.1, 0.15) is 55.7 Å². The number of benzene rings is 2. The summed E-state index contributed by atoms with van der Waals surface area (Å²) in [5, 5.41) is 39.1. The van der Waals surface area contributed by atoms with Crippen molar-refractivity contribution in [3.05, 3.63) is 47.0 Å². The number of unbranched alkanes of at least 4 members (excludes halogenated alkanes) is 3. The summed E-state index contributed by atoms with van der Waals surface area (Å²) in [5.41, 5.74) is 3.03. The third-order valence-electron chi connectivity index (χ3n) is 5.87. The van der Waals surface area contributed by atoms with E-state index >= 15 is 0 Å². The van der Waals surface area contributed by atoms with Crippen molar-refractivity contribution in [2.45, 2.75) is 64.3 Å². The van der Waals surface area contributed by atoms with Crippen LogP contribution in [0.2, 0.25) is 0 Å². The zero-order valence-electron chi connectivity index (χ0n) is 18.1. The maximum atomic E-state index is 10.2. The van der Waals surface area contributed by atoms with Crippen molar-refractivity contribution < 1.29 is 20.4 Å². The Kier molecular flexibility index (Phi) is 10.1. The van der Waals surface area contributed by atoms with Crippen LogP contribution in [-0.2, 0) is 19.3 Å². The van der Waals surface area contributed by atoms with Gasteiger partial charge in [-0.3, -0.25) is 0 Å². The second kappa shape index (κ2) is 12.3. The van der Waals surface area contributed by atoms with Gasteiger partial charge in [-0.15, -0.1) is 12.4 Å². The quantitative estimate of drug-likeness (QED) is 0.208. The molecule has 0 aromatic heterocycles. The van der Waals surface area contributed by atoms with Crippen LogP contribution in [0.25, 0.3) is 0 Å². The topological polar surface area (TPSA) is 84.2 Å². The molecule has 31 heavy (non-hydrogen) atoms. The number of halogens is 1. The molecule has 7 heteroatoms. The molecule has 0 aliphatic heterocycles. The molecule has 0 bridgehead atoms. The zero-order valence-corrected chi connectivity index (χ0v) is 19.7. The summed E-state index contributed by atoms with van der Waals surface area (Å²) < 4.78 is 2.50. The number of phenolic OH excluding ortho intramolecular Hbond substituents is 4. The number of hydrogen-bond acceptors (Lipinski definition) is 6. The van der Waals surface area contributed by atoms with Crippen molar-refractivity contribution in [3.63, 3.8) is 0 Å². The minimum atomic E-state index is -0.0842. The van der Waals surface area contributed by atoms with Gasteiger partial charge in [0.2, 0.25) is 0 Å². The molecular weight excluding hydrogens is 434 g/mol. The van der Waals surface area contributed by atoms with Gasteiger partial charge < -0.3 is 20.4 Å². The summed E-state index contributed by atoms with van der Waals surface area (Å²) in [4.78, 5) is 0. The molecule has 1 atom stereocenters. The fraction of sp³-hybridized carbons (Fsp3) is 0.500. The fourth-order valence-electron chi connectivity index (χ4n) is 4.10. The third-order valence-corrected chi connectivity index (χ3v) is 7.07. The lowest BCUT2D eigenvalue weighted by Gasteiger charge is -2.34. The molecule has 2 aromatic rings. The maximum absolute atomic E-state index is 10.2. The van der Waals surface area contributed by atoms with Crippen molar-refractivity contribution >= 4 is 24.4 Å². The van der Waals surface area contributed by atoms with Crippen LogP contribution >= 0.6 is 24.4 Å². The van der Waals surface area contributed by atoms with Gasteiger partial charge in [0.1, 0.15) is 0 Å². The molecule has 3 rings (SSSR count). The number of phenols is 4. The highest BCUT2D eigenvalue weighted by atomic mass is 35.5. The van der Waals surface area contributed by atoms with Gasteiger partial charge in [0.25, 0.3) is 0 Å². The fourth-order valence-corrected chi connectivity index (χ4v) is 5.31. The molecule has 172 valence electrons. The number of rotatable bonds is 10. The lowest BCUT2D eigenvalue weighted by Crippen LogP contribution is -2.35. The van der Waals surface area contributed by atoms with Gasteiger partial charge in [0.05, 0.1) is 0 Å². The van der Waals surface area contributed by atoms with Crippen LogP contribution in [0.4, 0.5) is 0 Å². The molecular formula is C24H34ClNO4S. The average molecular weight is 468 g/mol. The Bertz CT molecular complexity index is 849. The van der Waals surface area contributed by atoms with E-state index in [1.54, 1.807) is 12.1 Å². The normalized spacial score (nSPS) is 15.5. The summed E-state index contributed by atoms with van der Waals surface area (Å²) in [6, 6.07) is 8.96. The van der Waals surface area contributed by atoms with Crippen LogP contribution in [0.15, 0.2) is 30.3 Å². The van der Waals surface area contributed by atoms with Crippen LogP contribution < -0.4 is 0 Å². The van der Waals surface area contributed by atoms with Gasteiger partial charge in [0.15, 0.2) is 23.0 Å². The lowest BCUT2D eigenvalue weighted by atomic mass is 9.87. The second-order valence-electron chi connectivity index (χ2n) is 8.08. The van der Waals surface area contributed by atoms with Crippen molar-refractivity contribution in [2.24, 2.45) is 0 Å². The Morgan fingerprint density at radius 3 is 2.48 bits per heavy atom. The Hall–Kier alpha value is -1.76. The van der Waals surface area contributed by atoms with Gasteiger partial charge in [-0.1, -0.05) is 50.3 Å². The van der Waals surface area contributed by atoms with E-state index < -0.39 is 0 Å². The molecule has 1 unspecified atom stereocenters. The maximum Gasteiger partial charge on any atom is 0.160 e. The molecule has 0 amide bonds. The molecule has 0 heterocycles. The van der Waals surface area contributed by atoms with Crippen molar-refractivity contribution in [1.82, 2.24) is 4.31 Å². The monoisotopic (exact) mass is 467 g/mol. The smallest absolute Gasteiger partial charge is 0.160 e. The summed E-state index contributed by atoms with van der Waals surface area (Å²) in [6.07, 6.45) is 8.32. The van der Waals surface area contributed by atoms with Gasteiger partial charge >= 0.3 is 0 Å². The molecule has 0 fully saturated rings. The Morgan fingerprint density at radius 2 is 1.74 bits per heavy atom. The second-order valence-corrected chi connectivity index (χ2v) is 9.21. The van der Waals surface area contributed by atoms with Crippen molar-refractivity contribution in [1.29, 1.82) is 0 Å². The molecule has 0 spiro atoms. The molecule has 4 N–H and O–H groups in total. The van der Waals surface area contributed by atoms with E-state index in [1.165, 1.54) is 31.7 Å². The van der Waals surface area contributed by atoms with Crippen LogP contribution in [0.3, 0.4) is 0 Å². The molecule has 0 saturated heterocycles. The summed E-state index contributed by atoms with van der Waals surface area (Å²) in [5.74, 6) is 0.762. The lowest BCUT2D eigenvalue weighted by molar-refractivity contribution is 0.308. The number of hydrogen-bond donors (Lipinski definition) is 4. The number of aromatic hydroxyl groups is 4. The largest absolute Gasteiger partial charge is 0.504 e. The summed E-state index contributed by atoms with van der Waals surface area (Å²) in [6.45, 7) is 3.26. The first-order valence-corrected chi connectivity index (χ1v) is 11.9. The van der Waals surface area contributed by atoms with E-state index in [1.807, 2.05) is 24.1 Å². The standard InChI is InChI=1S/C24H33NO4S.ClH/c1-2-3-4-5-13-25(30-14-12-17-6-10-21(26)23(28)15-17)19-8-9-20-18(16-19)7-11-22(27)24(20)29;/h6-7,10-11,15,19,26-29H,2-5,8-9,12-14,16H2,1H3;1H. The van der Waals surface area contributed by atoms with Crippen molar-refractivity contribution in [2.75, 3.05) is 12.3 Å². The van der Waals surface area contributed by atoms with Crippen LogP contribution in [0.5, 0.6) is 23.0 Å². The van der Waals surface area contributed by atoms with E-state index in [0.717, 1.165) is 54.7 Å². The van der Waals surface area contributed by atoms with Gasteiger partial charge in [0, 0.05) is 23.9 Å². The Morgan fingerprint density at radius 1 is 0.968 bits per heavy atom. The van der Waals surface area contributed by atoms with Crippen molar-refractivity contribution in [3.8, 4) is 23.0 Å². The highest BCUT2D eigenvalue weighted by Crippen LogP contribution is 2.38. The predicted octanol–water partition coefficient (Wildman–Crippen LogP) is 5.56. The first-order valence-electron chi connectivity index (χ1n) is 10.9. The van der Waals surface area contributed by atoms with Gasteiger partial charge in [-0.05, 0) is 61.4 Å². The molecule has 2 aromatic carbocycles. The van der Waals surface area contributed by atoms with E-state index in [0.29, 0.717) is 6.04 Å². The first kappa shape index (κ1) is 25.5. The molecule has 0 radical (unpaired) electrons. The molecule has 5 nitrogen and oxygen atoms in total. The first-order chi connectivity index (χ1) is 14.5. The summed E-state index contributed by atoms with van der Waals surface area (Å²) in [7, 11) is 0. The SMILES string of the molecule is CCCCCCN(SCCc1ccc(O)c(O)c1)C1CCc2c(ccc(O)c2O)C1.Cl. The molecule has 0 saturated carbocycles. The van der Waals surface area contributed by atoms with E-state index in [2.05, 4.69) is 11.2 Å². The number of fused-ring (bicyclic) bond motifs is 1. The third kappa shape index (κ3) is 6.86. The minimum Gasteiger partial charge on any atom is -0.504 e. The highest BCUT2D eigenvalue weighted by molar-refractivity contribution is 7.97. The van der Waals surface area contributed by atoms with Gasteiger partial charge in [-0.25, -0.2) is 4.31 Å². The minimum absolute atomic E-state index is 0. The van der Waals surface area contributed by atoms with E-state index in [9.17, 15) is 20.4 Å². The zero-order chi connectivity index (χ0) is 21.5. The van der Waals surface area contributed by atoms with E-state index in [4.69, 9.17) is 0 Å². The van der Waals surface area contributed by atoms with E-state index in [-0.39, 0.29) is 35.4 Å². The highest BCUT2D eigenvalue weighted by Gasteiger charge is 2.27. The van der Waals surface area contributed by atoms with Crippen LogP contribution in [0, 0.1) is 0 Å². The summed E-state index contributed by atoms with van der Waals surface area (Å²) >= 11 is 1.85. The van der Waals surface area contributed by atoms with Gasteiger partial charge in [-0.2, -0.15) is 0 Å². The predicted molar refractivity (Wildman–Crippen MR) is 130 cm³/mol. The van der Waals surface area contributed by atoms with Crippen LogP contribution in [-0.4, -0.2) is 43.1 Å². The Balaban J connectivity index is 0.00000341.